The minimum Gasteiger partial charge on any atom is -0.497 e. The Balaban J connectivity index is 1.84. The highest BCUT2D eigenvalue weighted by Crippen LogP contribution is 2.19. The van der Waals surface area contributed by atoms with Crippen molar-refractivity contribution in [2.75, 3.05) is 20.8 Å². The summed E-state index contributed by atoms with van der Waals surface area (Å²) in [6, 6.07) is 21.4. The molecule has 3 aromatic rings. The molecule has 33 heavy (non-hydrogen) atoms. The summed E-state index contributed by atoms with van der Waals surface area (Å²) in [5.74, 6) is 0.157. The third-order valence-electron chi connectivity index (χ3n) is 5.21. The zero-order valence-electron chi connectivity index (χ0n) is 18.7. The van der Waals surface area contributed by atoms with Gasteiger partial charge in [-0.15, -0.1) is 0 Å². The Bertz CT molecular complexity index is 1040. The monoisotopic (exact) mass is 450 g/mol. The lowest BCUT2D eigenvalue weighted by Gasteiger charge is -2.31. The Morgan fingerprint density at radius 3 is 2.15 bits per heavy atom. The summed E-state index contributed by atoms with van der Waals surface area (Å²) in [5, 5.41) is 2.65. The van der Waals surface area contributed by atoms with Gasteiger partial charge in [-0.05, 0) is 47.5 Å². The molecule has 0 unspecified atom stereocenters. The first-order valence-electron chi connectivity index (χ1n) is 10.6. The molecule has 0 radical (unpaired) electrons. The minimum absolute atomic E-state index is 0.135. The van der Waals surface area contributed by atoms with Crippen molar-refractivity contribution in [2.24, 2.45) is 0 Å². The van der Waals surface area contributed by atoms with Crippen LogP contribution in [0, 0.1) is 5.82 Å². The van der Waals surface area contributed by atoms with Gasteiger partial charge in [0.25, 0.3) is 5.91 Å². The molecule has 0 spiro atoms. The van der Waals surface area contributed by atoms with Gasteiger partial charge in [-0.25, -0.2) is 4.39 Å². The van der Waals surface area contributed by atoms with E-state index in [0.717, 1.165) is 5.56 Å². The molecule has 0 heterocycles. The molecule has 7 heteroatoms. The highest BCUT2D eigenvalue weighted by atomic mass is 19.1. The summed E-state index contributed by atoms with van der Waals surface area (Å²) in [6.07, 6.45) is 0.329. The van der Waals surface area contributed by atoms with Crippen LogP contribution in [0.5, 0.6) is 11.5 Å². The van der Waals surface area contributed by atoms with E-state index in [-0.39, 0.29) is 30.8 Å². The maximum atomic E-state index is 13.4. The number of likely N-dealkylation sites (N-methyl/N-ethyl adjacent to an activating group) is 1. The molecule has 172 valence electrons. The van der Waals surface area contributed by atoms with Crippen LogP contribution in [0.25, 0.3) is 0 Å². The fourth-order valence-electron chi connectivity index (χ4n) is 3.41. The smallest absolute Gasteiger partial charge is 0.261 e. The van der Waals surface area contributed by atoms with Crippen LogP contribution in [-0.4, -0.2) is 43.5 Å². The predicted octanol–water partition coefficient (Wildman–Crippen LogP) is 3.60. The molecule has 3 rings (SSSR count). The molecule has 0 bridgehead atoms. The predicted molar refractivity (Wildman–Crippen MR) is 123 cm³/mol. The van der Waals surface area contributed by atoms with Crippen LogP contribution in [0.2, 0.25) is 0 Å². The Morgan fingerprint density at radius 2 is 1.55 bits per heavy atom. The molecule has 0 saturated carbocycles. The fraction of sp³-hybridized carbons (Fsp3) is 0.231. The first-order chi connectivity index (χ1) is 16.0. The van der Waals surface area contributed by atoms with Crippen molar-refractivity contribution in [3.8, 4) is 11.5 Å². The number of amides is 2. The quantitative estimate of drug-likeness (QED) is 0.513. The number of halogens is 1. The number of methoxy groups -OCH3 is 1. The molecule has 6 nitrogen and oxygen atoms in total. The van der Waals surface area contributed by atoms with Crippen LogP contribution in [0.3, 0.4) is 0 Å². The molecule has 2 amide bonds. The van der Waals surface area contributed by atoms with Gasteiger partial charge >= 0.3 is 0 Å². The van der Waals surface area contributed by atoms with Gasteiger partial charge in [0.1, 0.15) is 23.4 Å². The van der Waals surface area contributed by atoms with Gasteiger partial charge in [0.15, 0.2) is 6.61 Å². The molecule has 0 aliphatic rings. The third-order valence-corrected chi connectivity index (χ3v) is 5.21. The zero-order chi connectivity index (χ0) is 23.6. The van der Waals surface area contributed by atoms with E-state index in [2.05, 4.69) is 5.32 Å². The first kappa shape index (κ1) is 23.8. The van der Waals surface area contributed by atoms with Crippen molar-refractivity contribution in [1.82, 2.24) is 10.2 Å². The highest BCUT2D eigenvalue weighted by Gasteiger charge is 2.30. The van der Waals surface area contributed by atoms with Crippen LogP contribution in [0.4, 0.5) is 4.39 Å². The summed E-state index contributed by atoms with van der Waals surface area (Å²) < 4.78 is 24.2. The molecule has 0 aliphatic heterocycles. The van der Waals surface area contributed by atoms with E-state index >= 15 is 0 Å². The van der Waals surface area contributed by atoms with Crippen LogP contribution < -0.4 is 14.8 Å². The van der Waals surface area contributed by atoms with E-state index in [4.69, 9.17) is 9.47 Å². The zero-order valence-corrected chi connectivity index (χ0v) is 18.7. The second-order valence-corrected chi connectivity index (χ2v) is 7.43. The van der Waals surface area contributed by atoms with Gasteiger partial charge in [0.2, 0.25) is 5.91 Å². The molecule has 1 atom stereocenters. The lowest BCUT2D eigenvalue weighted by atomic mass is 10.0. The topological polar surface area (TPSA) is 67.9 Å². The number of carbonyl (C=O) groups is 2. The van der Waals surface area contributed by atoms with Crippen molar-refractivity contribution >= 4 is 11.8 Å². The normalized spacial score (nSPS) is 11.4. The van der Waals surface area contributed by atoms with Crippen LogP contribution in [0.15, 0.2) is 78.9 Å². The van der Waals surface area contributed by atoms with Crippen molar-refractivity contribution in [1.29, 1.82) is 0 Å². The molecular formula is C26H27FN2O4. The summed E-state index contributed by atoms with van der Waals surface area (Å²) in [4.78, 5) is 27.6. The Hall–Kier alpha value is -3.87. The molecule has 0 saturated heterocycles. The van der Waals surface area contributed by atoms with Gasteiger partial charge in [-0.2, -0.15) is 0 Å². The van der Waals surface area contributed by atoms with E-state index in [1.807, 2.05) is 30.3 Å². The van der Waals surface area contributed by atoms with E-state index < -0.39 is 6.04 Å². The number of rotatable bonds is 10. The molecule has 1 N–H and O–H groups in total. The second kappa shape index (κ2) is 11.7. The van der Waals surface area contributed by atoms with Crippen molar-refractivity contribution in [2.45, 2.75) is 19.0 Å². The largest absolute Gasteiger partial charge is 0.497 e. The Labute approximate surface area is 192 Å². The molecule has 0 aromatic heterocycles. The average Bonchev–Trinajstić information content (AvgIpc) is 2.86. The van der Waals surface area contributed by atoms with Gasteiger partial charge in [0, 0.05) is 20.0 Å². The number of hydrogen-bond acceptors (Lipinski definition) is 4. The number of nitrogens with zero attached hydrogens (tertiary/aromatic N) is 1. The molecule has 0 fully saturated rings. The number of benzene rings is 3. The van der Waals surface area contributed by atoms with Gasteiger partial charge in [-0.3, -0.25) is 9.59 Å². The van der Waals surface area contributed by atoms with Crippen molar-refractivity contribution < 1.29 is 23.5 Å². The van der Waals surface area contributed by atoms with Crippen molar-refractivity contribution in [3.63, 3.8) is 0 Å². The van der Waals surface area contributed by atoms with Crippen LogP contribution in [0.1, 0.15) is 11.1 Å². The van der Waals surface area contributed by atoms with E-state index in [1.54, 1.807) is 43.5 Å². The molecular weight excluding hydrogens is 423 g/mol. The third kappa shape index (κ3) is 6.80. The maximum absolute atomic E-state index is 13.4. The summed E-state index contributed by atoms with van der Waals surface area (Å²) in [7, 11) is 3.10. The van der Waals surface area contributed by atoms with Gasteiger partial charge in [-0.1, -0.05) is 42.5 Å². The second-order valence-electron chi connectivity index (χ2n) is 7.43. The highest BCUT2D eigenvalue weighted by molar-refractivity contribution is 5.88. The summed E-state index contributed by atoms with van der Waals surface area (Å²) >= 11 is 0. The lowest BCUT2D eigenvalue weighted by Crippen LogP contribution is -2.51. The number of carbonyl (C=O) groups excluding carboxylic acids is 2. The summed E-state index contributed by atoms with van der Waals surface area (Å²) in [6.45, 7) is -0.119. The van der Waals surface area contributed by atoms with E-state index in [9.17, 15) is 14.0 Å². The van der Waals surface area contributed by atoms with E-state index in [0.29, 0.717) is 23.5 Å². The SMILES string of the molecule is CNC(=O)[C@H](Cc1ccccc1)N(Cc1ccc(F)cc1)C(=O)COc1ccc(OC)cc1. The molecule has 0 aliphatic carbocycles. The van der Waals surface area contributed by atoms with Crippen LogP contribution >= 0.6 is 0 Å². The standard InChI is InChI=1S/C26H27FN2O4/c1-28-26(31)24(16-19-6-4-3-5-7-19)29(17-20-8-10-21(27)11-9-20)25(30)18-33-23-14-12-22(32-2)13-15-23/h3-15,24H,16-18H2,1-2H3,(H,28,31)/t24-/m0/s1. The van der Waals surface area contributed by atoms with Crippen molar-refractivity contribution in [3.05, 3.63) is 95.8 Å². The van der Waals surface area contributed by atoms with E-state index in [1.165, 1.54) is 24.1 Å². The van der Waals surface area contributed by atoms with Gasteiger partial charge in [0.05, 0.1) is 7.11 Å². The first-order valence-corrected chi connectivity index (χ1v) is 10.6. The Morgan fingerprint density at radius 1 is 0.909 bits per heavy atom. The average molecular weight is 451 g/mol. The Kier molecular flexibility index (Phi) is 8.41. The number of nitrogens with one attached hydrogen (secondary N) is 1. The summed E-state index contributed by atoms with van der Waals surface area (Å²) in [5.41, 5.74) is 1.62. The van der Waals surface area contributed by atoms with Gasteiger partial charge < -0.3 is 19.7 Å². The van der Waals surface area contributed by atoms with Crippen LogP contribution in [-0.2, 0) is 22.6 Å². The maximum Gasteiger partial charge on any atom is 0.261 e. The number of hydrogen-bond donors (Lipinski definition) is 1. The lowest BCUT2D eigenvalue weighted by molar-refractivity contribution is -0.142. The fourth-order valence-corrected chi connectivity index (χ4v) is 3.41. The molecule has 3 aromatic carbocycles. The minimum atomic E-state index is -0.769. The number of ether oxygens (including phenoxy) is 2.